The Balaban J connectivity index is 2.36. The van der Waals surface area contributed by atoms with Gasteiger partial charge in [-0.25, -0.2) is 4.39 Å². The Labute approximate surface area is 115 Å². The predicted octanol–water partition coefficient (Wildman–Crippen LogP) is 2.55. The lowest BCUT2D eigenvalue weighted by Crippen LogP contribution is -2.21. The second kappa shape index (κ2) is 5.55. The molecule has 3 nitrogen and oxygen atoms in total. The number of nitrogens with zero attached hydrogens (tertiary/aromatic N) is 1. The van der Waals surface area contributed by atoms with Crippen molar-refractivity contribution in [2.75, 3.05) is 27.2 Å². The van der Waals surface area contributed by atoms with E-state index in [0.717, 1.165) is 18.5 Å². The Morgan fingerprint density at radius 3 is 2.83 bits per heavy atom. The molecule has 1 aromatic carbocycles. The highest BCUT2D eigenvalue weighted by Crippen LogP contribution is 2.40. The summed E-state index contributed by atoms with van der Waals surface area (Å²) in [5.74, 6) is 0.468. The number of hydrogen-bond acceptors (Lipinski definition) is 3. The van der Waals surface area contributed by atoms with E-state index in [2.05, 4.69) is 20.8 Å². The molecule has 2 N–H and O–H groups in total. The first kappa shape index (κ1) is 13.8. The zero-order valence-electron chi connectivity index (χ0n) is 10.6. The van der Waals surface area contributed by atoms with Gasteiger partial charge in [-0.2, -0.15) is 0 Å². The van der Waals surface area contributed by atoms with Crippen LogP contribution in [-0.2, 0) is 0 Å². The molecule has 0 aliphatic carbocycles. The number of rotatable bonds is 3. The molecule has 0 bridgehead atoms. The van der Waals surface area contributed by atoms with Crippen molar-refractivity contribution in [1.82, 2.24) is 4.90 Å². The third-order valence-electron chi connectivity index (χ3n) is 3.61. The zero-order chi connectivity index (χ0) is 13.3. The lowest BCUT2D eigenvalue weighted by Gasteiger charge is -2.22. The summed E-state index contributed by atoms with van der Waals surface area (Å²) >= 11 is 3.18. The first-order valence-corrected chi connectivity index (χ1v) is 6.80. The molecular weight excluding hydrogens is 299 g/mol. The normalized spacial score (nSPS) is 24.5. The Kier molecular flexibility index (Phi) is 4.25. The molecule has 1 aromatic rings. The van der Waals surface area contributed by atoms with E-state index in [-0.39, 0.29) is 11.9 Å². The zero-order valence-corrected chi connectivity index (χ0v) is 12.2. The molecule has 100 valence electrons. The van der Waals surface area contributed by atoms with Crippen molar-refractivity contribution in [2.45, 2.75) is 12.5 Å². The molecule has 5 heteroatoms. The van der Waals surface area contributed by atoms with Gasteiger partial charge >= 0.3 is 0 Å². The van der Waals surface area contributed by atoms with E-state index >= 15 is 0 Å². The molecule has 2 atom stereocenters. The van der Waals surface area contributed by atoms with E-state index < -0.39 is 0 Å². The number of nitrogens with two attached hydrogens (primary N) is 1. The van der Waals surface area contributed by atoms with E-state index in [4.69, 9.17) is 10.5 Å². The molecule has 0 saturated carbocycles. The summed E-state index contributed by atoms with van der Waals surface area (Å²) in [5.41, 5.74) is 6.62. The maximum Gasteiger partial charge on any atom is 0.179 e. The van der Waals surface area contributed by atoms with E-state index in [0.29, 0.717) is 22.7 Å². The fourth-order valence-corrected chi connectivity index (χ4v) is 2.97. The number of ether oxygens (including phenoxy) is 1. The summed E-state index contributed by atoms with van der Waals surface area (Å²) in [6.07, 6.45) is 0.949. The van der Waals surface area contributed by atoms with Crippen LogP contribution in [0.4, 0.5) is 4.39 Å². The van der Waals surface area contributed by atoms with E-state index in [1.807, 2.05) is 13.1 Å². The molecule has 0 aromatic heterocycles. The molecule has 0 radical (unpaired) electrons. The van der Waals surface area contributed by atoms with Crippen molar-refractivity contribution >= 4 is 15.9 Å². The lowest BCUT2D eigenvalue weighted by atomic mass is 9.99. The van der Waals surface area contributed by atoms with Crippen molar-refractivity contribution in [3.8, 4) is 5.75 Å². The summed E-state index contributed by atoms with van der Waals surface area (Å²) in [6, 6.07) is 3.83. The van der Waals surface area contributed by atoms with Crippen molar-refractivity contribution in [3.63, 3.8) is 0 Å². The highest BCUT2D eigenvalue weighted by Gasteiger charge is 2.32. The van der Waals surface area contributed by atoms with Gasteiger partial charge in [0.15, 0.2) is 11.6 Å². The lowest BCUT2D eigenvalue weighted by molar-refractivity contribution is 0.298. The summed E-state index contributed by atoms with van der Waals surface area (Å²) < 4.78 is 19.7. The van der Waals surface area contributed by atoms with E-state index in [1.54, 1.807) is 6.07 Å². The number of methoxy groups -OCH3 is 1. The van der Waals surface area contributed by atoms with Crippen molar-refractivity contribution in [1.29, 1.82) is 0 Å². The SMILES string of the molecule is COc1c(C2CC(CN)CN2C)ccc(Br)c1F. The monoisotopic (exact) mass is 316 g/mol. The quantitative estimate of drug-likeness (QED) is 0.931. The van der Waals surface area contributed by atoms with Crippen LogP contribution < -0.4 is 10.5 Å². The second-order valence-corrected chi connectivity index (χ2v) is 5.63. The molecule has 1 aliphatic heterocycles. The molecule has 1 aliphatic rings. The standard InChI is InChI=1S/C13H18BrFN2O/c1-17-7-8(6-16)5-11(17)9-3-4-10(14)12(15)13(9)18-2/h3-4,8,11H,5-7,16H2,1-2H3. The molecule has 18 heavy (non-hydrogen) atoms. The maximum absolute atomic E-state index is 14.0. The maximum atomic E-state index is 14.0. The second-order valence-electron chi connectivity index (χ2n) is 4.78. The van der Waals surface area contributed by atoms with Gasteiger partial charge in [-0.3, -0.25) is 4.90 Å². The minimum atomic E-state index is -0.334. The molecule has 0 amide bonds. The van der Waals surface area contributed by atoms with E-state index in [1.165, 1.54) is 7.11 Å². The van der Waals surface area contributed by atoms with Crippen LogP contribution in [0.25, 0.3) is 0 Å². The van der Waals surface area contributed by atoms with Crippen LogP contribution in [-0.4, -0.2) is 32.1 Å². The molecule has 1 heterocycles. The van der Waals surface area contributed by atoms with Gasteiger partial charge in [0.05, 0.1) is 11.6 Å². The summed E-state index contributed by atoms with van der Waals surface area (Å²) in [5, 5.41) is 0. The van der Waals surface area contributed by atoms with Crippen LogP contribution in [0.15, 0.2) is 16.6 Å². The highest BCUT2D eigenvalue weighted by molar-refractivity contribution is 9.10. The minimum absolute atomic E-state index is 0.177. The molecule has 2 rings (SSSR count). The molecule has 1 saturated heterocycles. The van der Waals surface area contributed by atoms with Crippen molar-refractivity contribution in [2.24, 2.45) is 11.7 Å². The van der Waals surface area contributed by atoms with Crippen LogP contribution in [0.3, 0.4) is 0 Å². The molecule has 1 fully saturated rings. The highest BCUT2D eigenvalue weighted by atomic mass is 79.9. The van der Waals surface area contributed by atoms with Gasteiger partial charge in [0, 0.05) is 18.2 Å². The van der Waals surface area contributed by atoms with Crippen molar-refractivity contribution < 1.29 is 9.13 Å². The van der Waals surface area contributed by atoms with Gasteiger partial charge in [0.2, 0.25) is 0 Å². The van der Waals surface area contributed by atoms with Gasteiger partial charge in [-0.15, -0.1) is 0 Å². The van der Waals surface area contributed by atoms with Gasteiger partial charge < -0.3 is 10.5 Å². The average molecular weight is 317 g/mol. The summed E-state index contributed by atoms with van der Waals surface area (Å²) in [4.78, 5) is 2.21. The van der Waals surface area contributed by atoms with E-state index in [9.17, 15) is 4.39 Å². The smallest absolute Gasteiger partial charge is 0.179 e. The number of benzene rings is 1. The summed E-state index contributed by atoms with van der Waals surface area (Å²) in [7, 11) is 3.55. The van der Waals surface area contributed by atoms with Crippen LogP contribution in [0.1, 0.15) is 18.0 Å². The molecular formula is C13H18BrFN2O. The van der Waals surface area contributed by atoms with Crippen LogP contribution >= 0.6 is 15.9 Å². The average Bonchev–Trinajstić information content (AvgIpc) is 2.74. The summed E-state index contributed by atoms with van der Waals surface area (Å²) in [6.45, 7) is 1.62. The first-order valence-electron chi connectivity index (χ1n) is 6.00. The van der Waals surface area contributed by atoms with Crippen molar-refractivity contribution in [3.05, 3.63) is 28.0 Å². The van der Waals surface area contributed by atoms with Gasteiger partial charge in [-0.05, 0) is 47.9 Å². The Hall–Kier alpha value is -0.650. The van der Waals surface area contributed by atoms with Gasteiger partial charge in [0.25, 0.3) is 0 Å². The number of hydrogen-bond donors (Lipinski definition) is 1. The van der Waals surface area contributed by atoms with Gasteiger partial charge in [0.1, 0.15) is 0 Å². The minimum Gasteiger partial charge on any atom is -0.493 e. The number of halogens is 2. The van der Waals surface area contributed by atoms with Gasteiger partial charge in [-0.1, -0.05) is 6.07 Å². The first-order chi connectivity index (χ1) is 8.58. The predicted molar refractivity (Wildman–Crippen MR) is 73.2 cm³/mol. The Bertz CT molecular complexity index is 441. The Morgan fingerprint density at radius 2 is 2.28 bits per heavy atom. The largest absolute Gasteiger partial charge is 0.493 e. The van der Waals surface area contributed by atoms with Crippen LogP contribution in [0.5, 0.6) is 5.75 Å². The fraction of sp³-hybridized carbons (Fsp3) is 0.538. The Morgan fingerprint density at radius 1 is 1.56 bits per heavy atom. The molecule has 2 unspecified atom stereocenters. The topological polar surface area (TPSA) is 38.5 Å². The fourth-order valence-electron chi connectivity index (χ4n) is 2.66. The number of likely N-dealkylation sites (tertiary alicyclic amines) is 1. The van der Waals surface area contributed by atoms with Crippen LogP contribution in [0.2, 0.25) is 0 Å². The third kappa shape index (κ3) is 2.39. The third-order valence-corrected chi connectivity index (χ3v) is 4.22. The van der Waals surface area contributed by atoms with Crippen LogP contribution in [0, 0.1) is 11.7 Å². The molecule has 0 spiro atoms.